The van der Waals surface area contributed by atoms with Crippen molar-refractivity contribution in [3.63, 3.8) is 0 Å². The molecule has 0 aromatic heterocycles. The van der Waals surface area contributed by atoms with Crippen LogP contribution in [0.2, 0.25) is 0 Å². The van der Waals surface area contributed by atoms with Crippen LogP contribution in [0.4, 0.5) is 0 Å². The molecule has 1 rings (SSSR count). The summed E-state index contributed by atoms with van der Waals surface area (Å²) in [6.45, 7) is 3.55. The molecule has 1 heterocycles. The minimum Gasteiger partial charge on any atom is -0.394 e. The highest BCUT2D eigenvalue weighted by Crippen LogP contribution is 2.08. The summed E-state index contributed by atoms with van der Waals surface area (Å²) in [5.41, 5.74) is 5.83. The lowest BCUT2D eigenvalue weighted by molar-refractivity contribution is -0.141. The van der Waals surface area contributed by atoms with Crippen LogP contribution in [0.1, 0.15) is 26.2 Å². The standard InChI is InChI=1S/C11H22N2O3/c1-2-3-4-10(12)11(15)13-5-6-16-9(7-13)8-14/h9-10,14H,2-8,12H2,1H3/t9?,10-/m0/s1. The second-order valence-electron chi connectivity index (χ2n) is 4.21. The number of hydrogen-bond donors (Lipinski definition) is 2. The Labute approximate surface area is 96.6 Å². The fraction of sp³-hybridized carbons (Fsp3) is 0.909. The third-order valence-corrected chi connectivity index (χ3v) is 2.84. The molecule has 16 heavy (non-hydrogen) atoms. The van der Waals surface area contributed by atoms with Crippen molar-refractivity contribution in [2.24, 2.45) is 5.73 Å². The molecule has 0 aliphatic carbocycles. The molecule has 1 aliphatic heterocycles. The second-order valence-corrected chi connectivity index (χ2v) is 4.21. The number of nitrogens with zero attached hydrogens (tertiary/aromatic N) is 1. The number of rotatable bonds is 5. The lowest BCUT2D eigenvalue weighted by Gasteiger charge is -2.33. The summed E-state index contributed by atoms with van der Waals surface area (Å²) in [5.74, 6) is -0.0183. The maximum atomic E-state index is 11.9. The molecule has 1 fully saturated rings. The monoisotopic (exact) mass is 230 g/mol. The summed E-state index contributed by atoms with van der Waals surface area (Å²) in [6, 6.07) is -0.405. The molecule has 1 amide bonds. The zero-order valence-electron chi connectivity index (χ0n) is 9.89. The van der Waals surface area contributed by atoms with Crippen LogP contribution >= 0.6 is 0 Å². The van der Waals surface area contributed by atoms with Gasteiger partial charge >= 0.3 is 0 Å². The average Bonchev–Trinajstić information content (AvgIpc) is 2.35. The average molecular weight is 230 g/mol. The largest absolute Gasteiger partial charge is 0.394 e. The molecule has 0 saturated carbocycles. The predicted molar refractivity (Wildman–Crippen MR) is 60.9 cm³/mol. The quantitative estimate of drug-likeness (QED) is 0.681. The lowest BCUT2D eigenvalue weighted by atomic mass is 10.1. The van der Waals surface area contributed by atoms with Gasteiger partial charge in [0.15, 0.2) is 0 Å². The van der Waals surface area contributed by atoms with Crippen molar-refractivity contribution < 1.29 is 14.6 Å². The molecule has 0 aromatic rings. The van der Waals surface area contributed by atoms with Gasteiger partial charge in [-0.15, -0.1) is 0 Å². The third kappa shape index (κ3) is 3.73. The van der Waals surface area contributed by atoms with Crippen LogP contribution in [0, 0.1) is 0 Å². The van der Waals surface area contributed by atoms with E-state index in [2.05, 4.69) is 6.92 Å². The van der Waals surface area contributed by atoms with Gasteiger partial charge in [-0.25, -0.2) is 0 Å². The Hall–Kier alpha value is -0.650. The van der Waals surface area contributed by atoms with Crippen LogP contribution < -0.4 is 5.73 Å². The summed E-state index contributed by atoms with van der Waals surface area (Å²) in [5, 5.41) is 8.98. The van der Waals surface area contributed by atoms with Gasteiger partial charge in [-0.1, -0.05) is 19.8 Å². The molecule has 1 unspecified atom stereocenters. The van der Waals surface area contributed by atoms with Gasteiger partial charge in [-0.2, -0.15) is 0 Å². The highest BCUT2D eigenvalue weighted by Gasteiger charge is 2.26. The molecule has 2 atom stereocenters. The number of morpholine rings is 1. The van der Waals surface area contributed by atoms with E-state index in [1.165, 1.54) is 0 Å². The van der Waals surface area contributed by atoms with Gasteiger partial charge < -0.3 is 20.5 Å². The SMILES string of the molecule is CCCC[C@H](N)C(=O)N1CCOC(CO)C1. The number of aliphatic hydroxyl groups excluding tert-OH is 1. The Morgan fingerprint density at radius 2 is 2.44 bits per heavy atom. The maximum Gasteiger partial charge on any atom is 0.239 e. The van der Waals surface area contributed by atoms with Crippen LogP contribution in [-0.4, -0.2) is 54.4 Å². The first kappa shape index (κ1) is 13.4. The van der Waals surface area contributed by atoms with E-state index in [1.807, 2.05) is 0 Å². The highest BCUT2D eigenvalue weighted by molar-refractivity contribution is 5.81. The molecule has 0 bridgehead atoms. The van der Waals surface area contributed by atoms with Crippen LogP contribution in [-0.2, 0) is 9.53 Å². The van der Waals surface area contributed by atoms with Crippen molar-refractivity contribution in [2.75, 3.05) is 26.3 Å². The fourth-order valence-corrected chi connectivity index (χ4v) is 1.81. The molecule has 1 saturated heterocycles. The summed E-state index contributed by atoms with van der Waals surface area (Å²) in [4.78, 5) is 13.6. The number of hydrogen-bond acceptors (Lipinski definition) is 4. The summed E-state index contributed by atoms with van der Waals surface area (Å²) in [7, 11) is 0. The normalized spacial score (nSPS) is 23.2. The first-order valence-electron chi connectivity index (χ1n) is 5.95. The molecular formula is C11H22N2O3. The van der Waals surface area contributed by atoms with E-state index in [4.69, 9.17) is 15.6 Å². The van der Waals surface area contributed by atoms with Gasteiger partial charge in [-0.3, -0.25) is 4.79 Å². The number of amides is 1. The molecule has 3 N–H and O–H groups in total. The van der Waals surface area contributed by atoms with Gasteiger partial charge in [0, 0.05) is 13.1 Å². The first-order valence-corrected chi connectivity index (χ1v) is 5.95. The van der Waals surface area contributed by atoms with Crippen LogP contribution in [0.15, 0.2) is 0 Å². The number of carbonyl (C=O) groups excluding carboxylic acids is 1. The number of carbonyl (C=O) groups is 1. The van der Waals surface area contributed by atoms with Gasteiger partial charge in [0.2, 0.25) is 5.91 Å². The smallest absolute Gasteiger partial charge is 0.239 e. The van der Waals surface area contributed by atoms with Crippen molar-refractivity contribution in [3.05, 3.63) is 0 Å². The Bertz CT molecular complexity index is 223. The topological polar surface area (TPSA) is 75.8 Å². The van der Waals surface area contributed by atoms with E-state index >= 15 is 0 Å². The number of ether oxygens (including phenoxy) is 1. The lowest BCUT2D eigenvalue weighted by Crippen LogP contribution is -2.52. The highest BCUT2D eigenvalue weighted by atomic mass is 16.5. The molecule has 0 spiro atoms. The Balaban J connectivity index is 2.40. The minimum atomic E-state index is -0.405. The summed E-state index contributed by atoms with van der Waals surface area (Å²) >= 11 is 0. The van der Waals surface area contributed by atoms with Crippen molar-refractivity contribution in [1.82, 2.24) is 4.90 Å². The Morgan fingerprint density at radius 3 is 3.06 bits per heavy atom. The van der Waals surface area contributed by atoms with Gasteiger partial charge in [0.05, 0.1) is 25.4 Å². The van der Waals surface area contributed by atoms with Crippen LogP contribution in [0.25, 0.3) is 0 Å². The Morgan fingerprint density at radius 1 is 1.69 bits per heavy atom. The van der Waals surface area contributed by atoms with Gasteiger partial charge in [0.1, 0.15) is 0 Å². The summed E-state index contributed by atoms with van der Waals surface area (Å²) in [6.07, 6.45) is 2.50. The molecule has 0 radical (unpaired) electrons. The molecule has 94 valence electrons. The molecular weight excluding hydrogens is 208 g/mol. The van der Waals surface area contributed by atoms with E-state index in [0.29, 0.717) is 19.7 Å². The minimum absolute atomic E-state index is 0.0183. The first-order chi connectivity index (χ1) is 7.69. The van der Waals surface area contributed by atoms with Crippen molar-refractivity contribution >= 4 is 5.91 Å². The molecule has 0 aromatic carbocycles. The van der Waals surface area contributed by atoms with Gasteiger partial charge in [0.25, 0.3) is 0 Å². The van der Waals surface area contributed by atoms with E-state index in [1.54, 1.807) is 4.90 Å². The van der Waals surface area contributed by atoms with Crippen LogP contribution in [0.3, 0.4) is 0 Å². The third-order valence-electron chi connectivity index (χ3n) is 2.84. The van der Waals surface area contributed by atoms with E-state index < -0.39 is 6.04 Å². The molecule has 1 aliphatic rings. The zero-order chi connectivity index (χ0) is 12.0. The summed E-state index contributed by atoms with van der Waals surface area (Å²) < 4.78 is 5.28. The fourth-order valence-electron chi connectivity index (χ4n) is 1.81. The predicted octanol–water partition coefficient (Wildman–Crippen LogP) is -0.276. The van der Waals surface area contributed by atoms with Gasteiger partial charge in [-0.05, 0) is 6.42 Å². The van der Waals surface area contributed by atoms with E-state index in [9.17, 15) is 4.79 Å². The number of aliphatic hydroxyl groups is 1. The van der Waals surface area contributed by atoms with E-state index in [0.717, 1.165) is 19.3 Å². The maximum absolute atomic E-state index is 11.9. The molecule has 5 heteroatoms. The van der Waals surface area contributed by atoms with E-state index in [-0.39, 0.29) is 18.6 Å². The van der Waals surface area contributed by atoms with Crippen molar-refractivity contribution in [3.8, 4) is 0 Å². The zero-order valence-corrected chi connectivity index (χ0v) is 9.89. The number of nitrogens with two attached hydrogens (primary N) is 1. The Kier molecular flexibility index (Phi) is 5.73. The second kappa shape index (κ2) is 6.83. The van der Waals surface area contributed by atoms with Crippen molar-refractivity contribution in [1.29, 1.82) is 0 Å². The molecule has 5 nitrogen and oxygen atoms in total. The number of unbranched alkanes of at least 4 members (excludes halogenated alkanes) is 1. The van der Waals surface area contributed by atoms with Crippen molar-refractivity contribution in [2.45, 2.75) is 38.3 Å². The van der Waals surface area contributed by atoms with Crippen LogP contribution in [0.5, 0.6) is 0 Å².